The summed E-state index contributed by atoms with van der Waals surface area (Å²) in [5.74, 6) is 1.61. The standard InChI is InChI=1S/C9H21N/c1-5-7(2)8(3)6-9(4)10/h7-9H,5-6,10H2,1-4H3. The van der Waals surface area contributed by atoms with Gasteiger partial charge in [-0.25, -0.2) is 0 Å². The molecule has 0 amide bonds. The van der Waals surface area contributed by atoms with Gasteiger partial charge < -0.3 is 5.73 Å². The third kappa shape index (κ3) is 3.89. The molecule has 0 bridgehead atoms. The van der Waals surface area contributed by atoms with E-state index in [0.717, 1.165) is 18.3 Å². The van der Waals surface area contributed by atoms with E-state index < -0.39 is 0 Å². The first-order chi connectivity index (χ1) is 4.57. The maximum absolute atomic E-state index is 5.69. The van der Waals surface area contributed by atoms with Crippen molar-refractivity contribution in [3.8, 4) is 0 Å². The fourth-order valence-electron chi connectivity index (χ4n) is 1.22. The van der Waals surface area contributed by atoms with Gasteiger partial charge in [-0.3, -0.25) is 0 Å². The normalized spacial score (nSPS) is 20.1. The molecular formula is C9H21N. The van der Waals surface area contributed by atoms with Crippen molar-refractivity contribution in [3.05, 3.63) is 0 Å². The highest BCUT2D eigenvalue weighted by Gasteiger charge is 2.11. The van der Waals surface area contributed by atoms with Crippen LogP contribution >= 0.6 is 0 Å². The van der Waals surface area contributed by atoms with Crippen molar-refractivity contribution in [1.82, 2.24) is 0 Å². The van der Waals surface area contributed by atoms with E-state index >= 15 is 0 Å². The van der Waals surface area contributed by atoms with Gasteiger partial charge in [0.1, 0.15) is 0 Å². The van der Waals surface area contributed by atoms with E-state index in [9.17, 15) is 0 Å². The molecule has 0 radical (unpaired) electrons. The van der Waals surface area contributed by atoms with Crippen molar-refractivity contribution >= 4 is 0 Å². The minimum absolute atomic E-state index is 0.365. The summed E-state index contributed by atoms with van der Waals surface area (Å²) in [5.41, 5.74) is 5.69. The second-order valence-corrected chi connectivity index (χ2v) is 3.58. The van der Waals surface area contributed by atoms with Crippen LogP contribution in [0, 0.1) is 11.8 Å². The lowest BCUT2D eigenvalue weighted by Crippen LogP contribution is -2.21. The third-order valence-electron chi connectivity index (χ3n) is 2.36. The van der Waals surface area contributed by atoms with Crippen LogP contribution in [0.4, 0.5) is 0 Å². The van der Waals surface area contributed by atoms with E-state index in [1.807, 2.05) is 0 Å². The molecule has 2 N–H and O–H groups in total. The highest BCUT2D eigenvalue weighted by molar-refractivity contribution is 4.65. The maximum Gasteiger partial charge on any atom is 0.00131 e. The van der Waals surface area contributed by atoms with E-state index in [1.165, 1.54) is 6.42 Å². The summed E-state index contributed by atoms with van der Waals surface area (Å²) in [5, 5.41) is 0. The van der Waals surface area contributed by atoms with Gasteiger partial charge in [0.25, 0.3) is 0 Å². The zero-order chi connectivity index (χ0) is 8.15. The Morgan fingerprint density at radius 1 is 1.10 bits per heavy atom. The largest absolute Gasteiger partial charge is 0.328 e. The Balaban J connectivity index is 3.50. The molecular weight excluding hydrogens is 122 g/mol. The van der Waals surface area contributed by atoms with Crippen molar-refractivity contribution in [1.29, 1.82) is 0 Å². The maximum atomic E-state index is 5.69. The first-order valence-electron chi connectivity index (χ1n) is 4.33. The molecule has 62 valence electrons. The predicted molar refractivity (Wildman–Crippen MR) is 46.9 cm³/mol. The van der Waals surface area contributed by atoms with Crippen molar-refractivity contribution in [3.63, 3.8) is 0 Å². The van der Waals surface area contributed by atoms with Crippen LogP contribution in [0.5, 0.6) is 0 Å². The molecule has 0 saturated heterocycles. The van der Waals surface area contributed by atoms with Gasteiger partial charge in [0.05, 0.1) is 0 Å². The highest BCUT2D eigenvalue weighted by atomic mass is 14.6. The minimum atomic E-state index is 0.365. The van der Waals surface area contributed by atoms with Gasteiger partial charge in [-0.2, -0.15) is 0 Å². The van der Waals surface area contributed by atoms with E-state index in [2.05, 4.69) is 27.7 Å². The lowest BCUT2D eigenvalue weighted by atomic mass is 9.89. The van der Waals surface area contributed by atoms with E-state index in [0.29, 0.717) is 6.04 Å². The van der Waals surface area contributed by atoms with Crippen molar-refractivity contribution < 1.29 is 0 Å². The molecule has 0 spiro atoms. The van der Waals surface area contributed by atoms with Crippen molar-refractivity contribution in [2.45, 2.75) is 46.6 Å². The summed E-state index contributed by atoms with van der Waals surface area (Å²) in [6, 6.07) is 0.365. The average molecular weight is 143 g/mol. The Hall–Kier alpha value is -0.0400. The summed E-state index contributed by atoms with van der Waals surface area (Å²) in [4.78, 5) is 0. The van der Waals surface area contributed by atoms with Crippen molar-refractivity contribution in [2.24, 2.45) is 17.6 Å². The van der Waals surface area contributed by atoms with Crippen LogP contribution in [-0.4, -0.2) is 6.04 Å². The molecule has 0 aliphatic rings. The summed E-state index contributed by atoms with van der Waals surface area (Å²) in [6.45, 7) is 8.91. The monoisotopic (exact) mass is 143 g/mol. The van der Waals surface area contributed by atoms with Crippen LogP contribution in [0.3, 0.4) is 0 Å². The molecule has 0 fully saturated rings. The van der Waals surface area contributed by atoms with E-state index in [4.69, 9.17) is 5.73 Å². The van der Waals surface area contributed by atoms with E-state index in [-0.39, 0.29) is 0 Å². The number of rotatable bonds is 4. The Morgan fingerprint density at radius 3 is 1.90 bits per heavy atom. The third-order valence-corrected chi connectivity index (χ3v) is 2.36. The predicted octanol–water partition coefficient (Wildman–Crippen LogP) is 2.41. The van der Waals surface area contributed by atoms with Crippen LogP contribution in [0.25, 0.3) is 0 Å². The van der Waals surface area contributed by atoms with Crippen LogP contribution in [0.2, 0.25) is 0 Å². The van der Waals surface area contributed by atoms with Gasteiger partial charge in [0.15, 0.2) is 0 Å². The quantitative estimate of drug-likeness (QED) is 0.642. The highest BCUT2D eigenvalue weighted by Crippen LogP contribution is 2.18. The van der Waals surface area contributed by atoms with Gasteiger partial charge >= 0.3 is 0 Å². The molecule has 3 unspecified atom stereocenters. The topological polar surface area (TPSA) is 26.0 Å². The van der Waals surface area contributed by atoms with Crippen LogP contribution in [0.1, 0.15) is 40.5 Å². The molecule has 0 aromatic rings. The molecule has 1 heteroatoms. The molecule has 1 nitrogen and oxygen atoms in total. The summed E-state index contributed by atoms with van der Waals surface area (Å²) >= 11 is 0. The van der Waals surface area contributed by atoms with Gasteiger partial charge in [0.2, 0.25) is 0 Å². The number of nitrogens with two attached hydrogens (primary N) is 1. The first kappa shape index (κ1) is 9.96. The summed E-state index contributed by atoms with van der Waals surface area (Å²) in [6.07, 6.45) is 2.43. The lowest BCUT2D eigenvalue weighted by molar-refractivity contribution is 0.336. The fourth-order valence-corrected chi connectivity index (χ4v) is 1.22. The molecule has 0 aromatic heterocycles. The van der Waals surface area contributed by atoms with Gasteiger partial charge in [-0.15, -0.1) is 0 Å². The summed E-state index contributed by atoms with van der Waals surface area (Å²) in [7, 11) is 0. The minimum Gasteiger partial charge on any atom is -0.328 e. The SMILES string of the molecule is CCC(C)C(C)CC(C)N. The average Bonchev–Trinajstić information content (AvgIpc) is 1.85. The molecule has 10 heavy (non-hydrogen) atoms. The molecule has 0 saturated carbocycles. The van der Waals surface area contributed by atoms with Gasteiger partial charge in [-0.05, 0) is 25.2 Å². The van der Waals surface area contributed by atoms with Crippen LogP contribution in [-0.2, 0) is 0 Å². The molecule has 0 heterocycles. The molecule has 0 rings (SSSR count). The molecule has 3 atom stereocenters. The van der Waals surface area contributed by atoms with E-state index in [1.54, 1.807) is 0 Å². The smallest absolute Gasteiger partial charge is 0.00131 e. The first-order valence-corrected chi connectivity index (χ1v) is 4.33. The Morgan fingerprint density at radius 2 is 1.60 bits per heavy atom. The Bertz CT molecular complexity index is 78.8. The lowest BCUT2D eigenvalue weighted by Gasteiger charge is -2.19. The number of hydrogen-bond donors (Lipinski definition) is 1. The summed E-state index contributed by atoms with van der Waals surface area (Å²) < 4.78 is 0. The fraction of sp³-hybridized carbons (Fsp3) is 1.00. The zero-order valence-corrected chi connectivity index (χ0v) is 7.72. The molecule has 0 aliphatic heterocycles. The van der Waals surface area contributed by atoms with Crippen molar-refractivity contribution in [2.75, 3.05) is 0 Å². The second-order valence-electron chi connectivity index (χ2n) is 3.58. The van der Waals surface area contributed by atoms with Crippen LogP contribution in [0.15, 0.2) is 0 Å². The Kier molecular flexibility index (Phi) is 4.71. The van der Waals surface area contributed by atoms with Gasteiger partial charge in [0, 0.05) is 6.04 Å². The number of hydrogen-bond acceptors (Lipinski definition) is 1. The van der Waals surface area contributed by atoms with Crippen LogP contribution < -0.4 is 5.73 Å². The zero-order valence-electron chi connectivity index (χ0n) is 7.72. The molecule has 0 aromatic carbocycles. The second kappa shape index (κ2) is 4.73. The van der Waals surface area contributed by atoms with Gasteiger partial charge in [-0.1, -0.05) is 27.2 Å². The molecule has 0 aliphatic carbocycles. The Labute approximate surface area is 65.0 Å².